The lowest BCUT2D eigenvalue weighted by Gasteiger charge is -2.34. The number of nitrogens with zero attached hydrogens (tertiary/aromatic N) is 3. The first kappa shape index (κ1) is 26.7. The molecule has 0 bridgehead atoms. The molecule has 2 aromatic rings. The molecule has 0 radical (unpaired) electrons. The highest BCUT2D eigenvalue weighted by Gasteiger charge is 2.38. The number of nitrogens with one attached hydrogen (secondary N) is 2. The molecule has 0 spiro atoms. The van der Waals surface area contributed by atoms with E-state index in [4.69, 9.17) is 23.5 Å². The fourth-order valence-corrected chi connectivity index (χ4v) is 4.24. The van der Waals surface area contributed by atoms with Crippen molar-refractivity contribution in [3.8, 4) is 11.8 Å². The van der Waals surface area contributed by atoms with E-state index < -0.39 is 13.1 Å². The summed E-state index contributed by atoms with van der Waals surface area (Å²) in [7, 11) is 2.05. The van der Waals surface area contributed by atoms with E-state index in [0.29, 0.717) is 61.5 Å². The van der Waals surface area contributed by atoms with Gasteiger partial charge in [-0.1, -0.05) is 13.8 Å². The Morgan fingerprint density at radius 3 is 2.70 bits per heavy atom. The molecule has 2 N–H and O–H groups in total. The molecular formula is C25H32BN5O6. The van der Waals surface area contributed by atoms with Crippen molar-refractivity contribution in [2.75, 3.05) is 51.3 Å². The van der Waals surface area contributed by atoms with Crippen molar-refractivity contribution in [1.82, 2.24) is 9.97 Å². The second kappa shape index (κ2) is 11.3. The Hall–Kier alpha value is -3.40. The molecule has 2 fully saturated rings. The third-order valence-electron chi connectivity index (χ3n) is 6.33. The van der Waals surface area contributed by atoms with E-state index >= 15 is 0 Å². The Morgan fingerprint density at radius 2 is 2.03 bits per heavy atom. The quantitative estimate of drug-likeness (QED) is 0.421. The summed E-state index contributed by atoms with van der Waals surface area (Å²) in [6.45, 7) is 7.90. The smallest absolute Gasteiger partial charge is 0.497 e. The molecule has 196 valence electrons. The number of rotatable bonds is 7. The van der Waals surface area contributed by atoms with E-state index in [0.717, 1.165) is 5.56 Å². The zero-order valence-corrected chi connectivity index (χ0v) is 21.8. The summed E-state index contributed by atoms with van der Waals surface area (Å²) < 4.78 is 28.1. The average Bonchev–Trinajstić information content (AvgIpc) is 2.90. The first-order valence-corrected chi connectivity index (χ1v) is 12.1. The van der Waals surface area contributed by atoms with Crippen LogP contribution in [-0.4, -0.2) is 69.7 Å². The summed E-state index contributed by atoms with van der Waals surface area (Å²) in [4.78, 5) is 21.7. The number of carbonyl (C=O) groups is 1. The average molecular weight is 509 g/mol. The standard InChI is InChI=1S/C25H32BN5O6/c1-15-11-28-24(31-22(15)30-19-12-35-7-6-16(19)10-27)29-17-8-18(23(32)34-5)21(20(9-17)33-4)26-36-13-25(2,3)14-37-26/h8-9,11,16,19H,6-7,12-14H2,1-5H3,(H2,28,29,30,31). The fraction of sp³-hybridized carbons (Fsp3) is 0.520. The summed E-state index contributed by atoms with van der Waals surface area (Å²) in [6.07, 6.45) is 2.35. The molecule has 2 aliphatic heterocycles. The molecule has 2 unspecified atom stereocenters. The highest BCUT2D eigenvalue weighted by molar-refractivity contribution is 6.64. The Morgan fingerprint density at radius 1 is 1.27 bits per heavy atom. The molecule has 11 nitrogen and oxygen atoms in total. The van der Waals surface area contributed by atoms with Gasteiger partial charge in [0.25, 0.3) is 0 Å². The minimum absolute atomic E-state index is 0.137. The van der Waals surface area contributed by atoms with Crippen molar-refractivity contribution in [3.05, 3.63) is 29.5 Å². The number of methoxy groups -OCH3 is 2. The van der Waals surface area contributed by atoms with Crippen LogP contribution in [0.1, 0.15) is 36.2 Å². The summed E-state index contributed by atoms with van der Waals surface area (Å²) in [5.74, 6) is 0.569. The molecule has 1 aromatic heterocycles. The van der Waals surface area contributed by atoms with E-state index in [9.17, 15) is 10.1 Å². The molecule has 2 aliphatic rings. The molecule has 4 rings (SSSR count). The lowest BCUT2D eigenvalue weighted by Crippen LogP contribution is -2.49. The van der Waals surface area contributed by atoms with Gasteiger partial charge in [0.2, 0.25) is 5.95 Å². The topological polar surface area (TPSA) is 137 Å². The van der Waals surface area contributed by atoms with Gasteiger partial charge in [0, 0.05) is 54.2 Å². The fourth-order valence-electron chi connectivity index (χ4n) is 4.24. The van der Waals surface area contributed by atoms with Crippen LogP contribution in [0.2, 0.25) is 0 Å². The van der Waals surface area contributed by atoms with Crippen molar-refractivity contribution in [1.29, 1.82) is 5.26 Å². The first-order valence-electron chi connectivity index (χ1n) is 12.1. The van der Waals surface area contributed by atoms with Crippen LogP contribution in [0.4, 0.5) is 17.5 Å². The molecule has 1 aromatic carbocycles. The Kier molecular flexibility index (Phi) is 8.17. The minimum Gasteiger partial charge on any atom is -0.497 e. The van der Waals surface area contributed by atoms with Gasteiger partial charge in [-0.2, -0.15) is 10.2 Å². The zero-order valence-electron chi connectivity index (χ0n) is 21.8. The zero-order chi connectivity index (χ0) is 26.6. The molecule has 0 amide bonds. The molecule has 37 heavy (non-hydrogen) atoms. The number of hydrogen-bond donors (Lipinski definition) is 2. The van der Waals surface area contributed by atoms with Crippen LogP contribution < -0.4 is 20.8 Å². The van der Waals surface area contributed by atoms with E-state index in [1.165, 1.54) is 14.2 Å². The van der Waals surface area contributed by atoms with Gasteiger partial charge in [-0.05, 0) is 19.4 Å². The number of anilines is 3. The molecule has 2 atom stereocenters. The number of aryl methyl sites for hydroxylation is 1. The third-order valence-corrected chi connectivity index (χ3v) is 6.33. The highest BCUT2D eigenvalue weighted by atomic mass is 16.6. The van der Waals surface area contributed by atoms with Gasteiger partial charge in [-0.25, -0.2) is 9.78 Å². The van der Waals surface area contributed by atoms with Gasteiger partial charge < -0.3 is 34.2 Å². The lowest BCUT2D eigenvalue weighted by molar-refractivity contribution is 0.0338. The Balaban J connectivity index is 1.62. The lowest BCUT2D eigenvalue weighted by atomic mass is 9.72. The van der Waals surface area contributed by atoms with Gasteiger partial charge in [0.15, 0.2) is 0 Å². The normalized spacial score (nSPS) is 21.0. The van der Waals surface area contributed by atoms with Crippen LogP contribution >= 0.6 is 0 Å². The van der Waals surface area contributed by atoms with Crippen LogP contribution in [0, 0.1) is 29.6 Å². The molecule has 3 heterocycles. The van der Waals surface area contributed by atoms with Crippen molar-refractivity contribution in [2.24, 2.45) is 11.3 Å². The predicted octanol–water partition coefficient (Wildman–Crippen LogP) is 2.43. The van der Waals surface area contributed by atoms with E-state index in [1.807, 2.05) is 20.8 Å². The van der Waals surface area contributed by atoms with Crippen molar-refractivity contribution < 1.29 is 28.3 Å². The Bertz CT molecular complexity index is 1180. The third kappa shape index (κ3) is 6.13. The van der Waals surface area contributed by atoms with Crippen molar-refractivity contribution >= 4 is 36.0 Å². The second-order valence-electron chi connectivity index (χ2n) is 9.95. The van der Waals surface area contributed by atoms with Crippen LogP contribution in [-0.2, 0) is 18.8 Å². The first-order chi connectivity index (χ1) is 17.7. The number of esters is 1. The van der Waals surface area contributed by atoms with Gasteiger partial charge in [0.05, 0.1) is 44.4 Å². The van der Waals surface area contributed by atoms with E-state index in [2.05, 4.69) is 26.7 Å². The summed E-state index contributed by atoms with van der Waals surface area (Å²) in [6, 6.07) is 5.52. The SMILES string of the molecule is COC(=O)c1cc(Nc2ncc(C)c(NC3COCCC3C#N)n2)cc(OC)c1B1OCC(C)(C)CO1. The predicted molar refractivity (Wildman–Crippen MR) is 137 cm³/mol. The molecular weight excluding hydrogens is 477 g/mol. The monoisotopic (exact) mass is 509 g/mol. The maximum atomic E-state index is 12.8. The van der Waals surface area contributed by atoms with Crippen molar-refractivity contribution in [2.45, 2.75) is 33.2 Å². The second-order valence-corrected chi connectivity index (χ2v) is 9.95. The van der Waals surface area contributed by atoms with E-state index in [1.54, 1.807) is 18.3 Å². The van der Waals surface area contributed by atoms with E-state index in [-0.39, 0.29) is 22.9 Å². The minimum atomic E-state index is -0.775. The number of nitriles is 1. The maximum Gasteiger partial charge on any atom is 0.498 e. The summed E-state index contributed by atoms with van der Waals surface area (Å²) >= 11 is 0. The number of carbonyl (C=O) groups excluding carboxylic acids is 1. The van der Waals surface area contributed by atoms with Gasteiger partial charge in [-0.3, -0.25) is 0 Å². The molecule has 12 heteroatoms. The van der Waals surface area contributed by atoms with Crippen LogP contribution in [0.3, 0.4) is 0 Å². The molecule has 2 saturated heterocycles. The molecule has 0 aliphatic carbocycles. The van der Waals surface area contributed by atoms with Crippen molar-refractivity contribution in [3.63, 3.8) is 0 Å². The summed E-state index contributed by atoms with van der Waals surface area (Å²) in [5, 5.41) is 16.0. The van der Waals surface area contributed by atoms with Crippen LogP contribution in [0.15, 0.2) is 18.3 Å². The number of benzene rings is 1. The highest BCUT2D eigenvalue weighted by Crippen LogP contribution is 2.28. The molecule has 0 saturated carbocycles. The largest absolute Gasteiger partial charge is 0.498 e. The Labute approximate surface area is 217 Å². The number of aromatic nitrogens is 2. The maximum absolute atomic E-state index is 12.8. The van der Waals surface area contributed by atoms with Gasteiger partial charge in [-0.15, -0.1) is 0 Å². The van der Waals surface area contributed by atoms with Crippen LogP contribution in [0.5, 0.6) is 5.75 Å². The van der Waals surface area contributed by atoms with Crippen LogP contribution in [0.25, 0.3) is 0 Å². The van der Waals surface area contributed by atoms with Gasteiger partial charge in [0.1, 0.15) is 11.6 Å². The summed E-state index contributed by atoms with van der Waals surface area (Å²) in [5.41, 5.74) is 1.91. The number of hydrogen-bond acceptors (Lipinski definition) is 11. The number of ether oxygens (including phenoxy) is 3. The van der Waals surface area contributed by atoms with Gasteiger partial charge >= 0.3 is 13.1 Å².